The number of hydroxylamine groups is 1. The molecular weight excluding hydrogens is 388 g/mol. The Kier molecular flexibility index (Phi) is 5.47. The van der Waals surface area contributed by atoms with Crippen molar-refractivity contribution >= 4 is 21.8 Å². The van der Waals surface area contributed by atoms with Crippen LogP contribution in [0.3, 0.4) is 0 Å². The van der Waals surface area contributed by atoms with Gasteiger partial charge in [0, 0.05) is 15.6 Å². The van der Waals surface area contributed by atoms with Crippen LogP contribution in [0.4, 0.5) is 0 Å². The predicted molar refractivity (Wildman–Crippen MR) is 94.9 cm³/mol. The monoisotopic (exact) mass is 402 g/mol. The largest absolute Gasteiger partial charge is 0.497 e. The number of halogens is 1. The number of nitrogens with one attached hydrogen (secondary N) is 1. The van der Waals surface area contributed by atoms with Gasteiger partial charge in [0.25, 0.3) is 5.91 Å². The van der Waals surface area contributed by atoms with Crippen LogP contribution in [0.25, 0.3) is 11.5 Å². The number of methoxy groups -OCH3 is 1. The van der Waals surface area contributed by atoms with Gasteiger partial charge in [0.2, 0.25) is 5.89 Å². The van der Waals surface area contributed by atoms with Crippen molar-refractivity contribution in [2.45, 2.75) is 6.61 Å². The van der Waals surface area contributed by atoms with Gasteiger partial charge < -0.3 is 9.15 Å². The van der Waals surface area contributed by atoms with Gasteiger partial charge in [-0.15, -0.1) is 0 Å². The van der Waals surface area contributed by atoms with Gasteiger partial charge in [-0.05, 0) is 42.5 Å². The Labute approximate surface area is 152 Å². The number of aromatic nitrogens is 1. The molecule has 7 heteroatoms. The summed E-state index contributed by atoms with van der Waals surface area (Å²) in [6.07, 6.45) is 1.49. The second-order valence-electron chi connectivity index (χ2n) is 5.10. The third-order valence-corrected chi connectivity index (χ3v) is 3.85. The summed E-state index contributed by atoms with van der Waals surface area (Å²) < 4.78 is 11.4. The highest BCUT2D eigenvalue weighted by atomic mass is 79.9. The lowest BCUT2D eigenvalue weighted by atomic mass is 10.2. The first-order chi connectivity index (χ1) is 12.2. The van der Waals surface area contributed by atoms with Crippen LogP contribution in [-0.4, -0.2) is 18.0 Å². The van der Waals surface area contributed by atoms with Gasteiger partial charge in [0.15, 0.2) is 0 Å². The van der Waals surface area contributed by atoms with Crippen molar-refractivity contribution < 1.29 is 18.8 Å². The van der Waals surface area contributed by atoms with Crippen molar-refractivity contribution in [3.05, 3.63) is 70.5 Å². The number of rotatable bonds is 6. The minimum absolute atomic E-state index is 0.0966. The highest BCUT2D eigenvalue weighted by Crippen LogP contribution is 2.21. The van der Waals surface area contributed by atoms with E-state index in [0.29, 0.717) is 17.1 Å². The minimum atomic E-state index is -0.333. The van der Waals surface area contributed by atoms with Crippen LogP contribution in [-0.2, 0) is 11.4 Å². The van der Waals surface area contributed by atoms with E-state index in [2.05, 4.69) is 26.4 Å². The number of carbonyl (C=O) groups excluding carboxylic acids is 1. The highest BCUT2D eigenvalue weighted by molar-refractivity contribution is 9.10. The lowest BCUT2D eigenvalue weighted by molar-refractivity contribution is 0.0221. The zero-order valence-electron chi connectivity index (χ0n) is 13.4. The molecule has 25 heavy (non-hydrogen) atoms. The molecule has 1 amide bonds. The van der Waals surface area contributed by atoms with Gasteiger partial charge in [0.05, 0.1) is 7.11 Å². The molecule has 128 valence electrons. The van der Waals surface area contributed by atoms with Crippen molar-refractivity contribution in [3.63, 3.8) is 0 Å². The number of amides is 1. The molecule has 1 N–H and O–H groups in total. The molecule has 0 bridgehead atoms. The van der Waals surface area contributed by atoms with E-state index in [4.69, 9.17) is 14.0 Å². The first-order valence-electron chi connectivity index (χ1n) is 7.42. The molecule has 0 aliphatic rings. The Hall–Kier alpha value is -2.64. The van der Waals surface area contributed by atoms with Crippen molar-refractivity contribution in [1.82, 2.24) is 10.5 Å². The normalized spacial score (nSPS) is 10.5. The highest BCUT2D eigenvalue weighted by Gasteiger charge is 2.09. The Morgan fingerprint density at radius 3 is 2.76 bits per heavy atom. The number of oxazole rings is 1. The average Bonchev–Trinajstić information content (AvgIpc) is 3.10. The zero-order valence-corrected chi connectivity index (χ0v) is 14.9. The van der Waals surface area contributed by atoms with Gasteiger partial charge in [-0.25, -0.2) is 10.5 Å². The quantitative estimate of drug-likeness (QED) is 0.631. The fourth-order valence-corrected chi connectivity index (χ4v) is 2.50. The first kappa shape index (κ1) is 17.2. The average molecular weight is 403 g/mol. The summed E-state index contributed by atoms with van der Waals surface area (Å²) in [5, 5.41) is 0. The van der Waals surface area contributed by atoms with E-state index in [1.165, 1.54) is 6.26 Å². The predicted octanol–water partition coefficient (Wildman–Crippen LogP) is 3.97. The fourth-order valence-electron chi connectivity index (χ4n) is 2.10. The Morgan fingerprint density at radius 1 is 1.24 bits per heavy atom. The molecule has 0 spiro atoms. The molecule has 3 aromatic rings. The van der Waals surface area contributed by atoms with E-state index in [1.807, 2.05) is 30.3 Å². The van der Waals surface area contributed by atoms with Crippen LogP contribution in [0.1, 0.15) is 16.1 Å². The Bertz CT molecular complexity index is 862. The third kappa shape index (κ3) is 4.46. The number of benzene rings is 2. The van der Waals surface area contributed by atoms with Crippen molar-refractivity contribution in [1.29, 1.82) is 0 Å². The van der Waals surface area contributed by atoms with Gasteiger partial charge in [0.1, 0.15) is 24.3 Å². The maximum atomic E-state index is 12.0. The standard InChI is InChI=1S/C18H15BrN2O4/c1-23-16-7-5-12(6-8-16)18-20-15(10-24-18)11-25-21-17(22)13-3-2-4-14(19)9-13/h2-10H,11H2,1H3,(H,21,22). The van der Waals surface area contributed by atoms with Crippen molar-refractivity contribution in [2.75, 3.05) is 7.11 Å². The van der Waals surface area contributed by atoms with Gasteiger partial charge in [-0.3, -0.25) is 9.63 Å². The molecule has 0 fully saturated rings. The molecule has 2 aromatic carbocycles. The molecule has 6 nitrogen and oxygen atoms in total. The van der Waals surface area contributed by atoms with Gasteiger partial charge in [-0.2, -0.15) is 0 Å². The zero-order chi connectivity index (χ0) is 17.6. The maximum absolute atomic E-state index is 12.0. The lowest BCUT2D eigenvalue weighted by Crippen LogP contribution is -2.23. The Morgan fingerprint density at radius 2 is 2.04 bits per heavy atom. The number of carbonyl (C=O) groups is 1. The molecular formula is C18H15BrN2O4. The molecule has 0 radical (unpaired) electrons. The SMILES string of the molecule is COc1ccc(-c2nc(CONC(=O)c3cccc(Br)c3)co2)cc1. The molecule has 0 atom stereocenters. The van der Waals surface area contributed by atoms with E-state index < -0.39 is 0 Å². The second-order valence-corrected chi connectivity index (χ2v) is 6.02. The van der Waals surface area contributed by atoms with E-state index in [-0.39, 0.29) is 12.5 Å². The van der Waals surface area contributed by atoms with Crippen LogP contribution in [0.5, 0.6) is 5.75 Å². The summed E-state index contributed by atoms with van der Waals surface area (Å²) in [6, 6.07) is 14.4. The summed E-state index contributed by atoms with van der Waals surface area (Å²) in [6.45, 7) is 0.0966. The summed E-state index contributed by atoms with van der Waals surface area (Å²) in [5.74, 6) is 0.897. The fraction of sp³-hybridized carbons (Fsp3) is 0.111. The van der Waals surface area contributed by atoms with Crippen molar-refractivity contribution in [2.24, 2.45) is 0 Å². The number of ether oxygens (including phenoxy) is 1. The molecule has 0 saturated heterocycles. The van der Waals surface area contributed by atoms with Crippen molar-refractivity contribution in [3.8, 4) is 17.2 Å². The van der Waals surface area contributed by atoms with Crippen LogP contribution in [0.2, 0.25) is 0 Å². The third-order valence-electron chi connectivity index (χ3n) is 3.36. The molecule has 0 saturated carbocycles. The molecule has 1 heterocycles. The Balaban J connectivity index is 1.55. The summed E-state index contributed by atoms with van der Waals surface area (Å²) >= 11 is 3.32. The minimum Gasteiger partial charge on any atom is -0.497 e. The van der Waals surface area contributed by atoms with E-state index >= 15 is 0 Å². The van der Waals surface area contributed by atoms with Gasteiger partial charge >= 0.3 is 0 Å². The molecule has 1 aromatic heterocycles. The molecule has 0 unspecified atom stereocenters. The molecule has 0 aliphatic carbocycles. The molecule has 0 aliphatic heterocycles. The number of hydrogen-bond donors (Lipinski definition) is 1. The topological polar surface area (TPSA) is 73.6 Å². The van der Waals surface area contributed by atoms with Crippen LogP contribution < -0.4 is 10.2 Å². The van der Waals surface area contributed by atoms with E-state index in [9.17, 15) is 4.79 Å². The van der Waals surface area contributed by atoms with E-state index in [1.54, 1.807) is 25.3 Å². The van der Waals surface area contributed by atoms with Crippen LogP contribution in [0.15, 0.2) is 63.7 Å². The van der Waals surface area contributed by atoms with E-state index in [0.717, 1.165) is 15.8 Å². The molecule has 3 rings (SSSR count). The maximum Gasteiger partial charge on any atom is 0.274 e. The number of nitrogens with zero attached hydrogens (tertiary/aromatic N) is 1. The smallest absolute Gasteiger partial charge is 0.274 e. The first-order valence-corrected chi connectivity index (χ1v) is 8.21. The second kappa shape index (κ2) is 7.96. The van der Waals surface area contributed by atoms with Crippen LogP contribution in [0, 0.1) is 0 Å². The summed E-state index contributed by atoms with van der Waals surface area (Å²) in [7, 11) is 1.61. The van der Waals surface area contributed by atoms with Crippen LogP contribution >= 0.6 is 15.9 Å². The summed E-state index contributed by atoms with van der Waals surface area (Å²) in [4.78, 5) is 21.5. The van der Waals surface area contributed by atoms with Gasteiger partial charge in [-0.1, -0.05) is 22.0 Å². The summed E-state index contributed by atoms with van der Waals surface area (Å²) in [5.41, 5.74) is 4.27. The lowest BCUT2D eigenvalue weighted by Gasteiger charge is -2.04. The number of hydrogen-bond acceptors (Lipinski definition) is 5.